The molecule has 0 saturated heterocycles. The Hall–Kier alpha value is -3.31. The zero-order valence-electron chi connectivity index (χ0n) is 19.4. The number of amides is 1. The van der Waals surface area contributed by atoms with E-state index in [0.29, 0.717) is 16.3 Å². The second-order valence-corrected chi connectivity index (χ2v) is 10.3. The number of hydrogen-bond acceptors (Lipinski definition) is 3. The van der Waals surface area contributed by atoms with Crippen molar-refractivity contribution in [2.45, 2.75) is 51.0 Å². The minimum atomic E-state index is -0.953. The van der Waals surface area contributed by atoms with Crippen molar-refractivity contribution in [1.29, 1.82) is 0 Å². The molecule has 5 rings (SSSR count). The zero-order valence-corrected chi connectivity index (χ0v) is 20.1. The van der Waals surface area contributed by atoms with E-state index in [1.54, 1.807) is 29.2 Å². The second-order valence-electron chi connectivity index (χ2n) is 9.85. The number of carbonyl (C=O) groups excluding carboxylic acids is 1. The number of carboxylic acids is 1. The molecule has 2 heterocycles. The van der Waals surface area contributed by atoms with E-state index in [0.717, 1.165) is 41.0 Å². The average Bonchev–Trinajstić information content (AvgIpc) is 3.00. The Morgan fingerprint density at radius 3 is 2.65 bits per heavy atom. The molecule has 2 aliphatic heterocycles. The smallest absolute Gasteiger partial charge is 0.307 e. The Bertz CT molecular complexity index is 1330. The summed E-state index contributed by atoms with van der Waals surface area (Å²) in [6, 6.07) is 18.6. The van der Waals surface area contributed by atoms with Crippen molar-refractivity contribution in [3.8, 4) is 5.75 Å². The molecule has 0 radical (unpaired) electrons. The molecule has 0 aliphatic carbocycles. The number of hydrogen-bond donors (Lipinski definition) is 1. The molecule has 0 aromatic heterocycles. The molecule has 174 valence electrons. The van der Waals surface area contributed by atoms with Gasteiger partial charge in [0.05, 0.1) is 17.5 Å². The summed E-state index contributed by atoms with van der Waals surface area (Å²) in [6.45, 7) is 6.10. The Kier molecular flexibility index (Phi) is 5.21. The molecule has 0 unspecified atom stereocenters. The molecule has 34 heavy (non-hydrogen) atoms. The number of carbonyl (C=O) groups is 2. The number of carboxylic acid groups (broad SMARTS) is 1. The van der Waals surface area contributed by atoms with Crippen LogP contribution in [0.3, 0.4) is 0 Å². The van der Waals surface area contributed by atoms with E-state index in [-0.39, 0.29) is 17.9 Å². The van der Waals surface area contributed by atoms with E-state index in [2.05, 4.69) is 19.9 Å². The van der Waals surface area contributed by atoms with Crippen molar-refractivity contribution >= 4 is 34.9 Å². The molecule has 0 fully saturated rings. The summed E-state index contributed by atoms with van der Waals surface area (Å²) in [4.78, 5) is 27.1. The molecule has 6 heteroatoms. The Labute approximate surface area is 203 Å². The van der Waals surface area contributed by atoms with E-state index in [4.69, 9.17) is 16.3 Å². The lowest BCUT2D eigenvalue weighted by molar-refractivity contribution is -0.136. The summed E-state index contributed by atoms with van der Waals surface area (Å²) < 4.78 is 6.16. The predicted octanol–water partition coefficient (Wildman–Crippen LogP) is 6.06. The number of fused-ring (bicyclic) bond motifs is 2. The van der Waals surface area contributed by atoms with Gasteiger partial charge in [0.2, 0.25) is 5.91 Å². The average molecular weight is 476 g/mol. The van der Waals surface area contributed by atoms with Gasteiger partial charge in [0.25, 0.3) is 0 Å². The molecule has 3 aromatic rings. The first-order valence-corrected chi connectivity index (χ1v) is 11.7. The highest BCUT2D eigenvalue weighted by molar-refractivity contribution is 6.31. The number of benzene rings is 3. The van der Waals surface area contributed by atoms with Crippen LogP contribution in [0, 0.1) is 0 Å². The van der Waals surface area contributed by atoms with Crippen molar-refractivity contribution in [3.05, 3.63) is 87.9 Å². The number of aliphatic carboxylic acids is 1. The van der Waals surface area contributed by atoms with Crippen LogP contribution < -0.4 is 9.64 Å². The van der Waals surface area contributed by atoms with Crippen molar-refractivity contribution in [2.24, 2.45) is 0 Å². The van der Waals surface area contributed by atoms with E-state index >= 15 is 0 Å². The van der Waals surface area contributed by atoms with Crippen molar-refractivity contribution < 1.29 is 19.4 Å². The van der Waals surface area contributed by atoms with Gasteiger partial charge in [-0.3, -0.25) is 14.5 Å². The summed E-state index contributed by atoms with van der Waals surface area (Å²) in [5, 5.41) is 9.78. The van der Waals surface area contributed by atoms with Crippen LogP contribution in [0.1, 0.15) is 49.4 Å². The first-order chi connectivity index (χ1) is 16.1. The minimum absolute atomic E-state index is 0.103. The van der Waals surface area contributed by atoms with Crippen LogP contribution in [0.15, 0.2) is 60.7 Å². The van der Waals surface area contributed by atoms with Crippen molar-refractivity contribution in [1.82, 2.24) is 0 Å². The topological polar surface area (TPSA) is 66.8 Å². The number of rotatable bonds is 4. The summed E-state index contributed by atoms with van der Waals surface area (Å²) in [5.74, 6) is -0.158. The Morgan fingerprint density at radius 1 is 1.09 bits per heavy atom. The third kappa shape index (κ3) is 3.64. The zero-order chi connectivity index (χ0) is 24.3. The van der Waals surface area contributed by atoms with Gasteiger partial charge >= 0.3 is 5.97 Å². The fraction of sp³-hybridized carbons (Fsp3) is 0.286. The molecule has 1 amide bonds. The molecule has 5 nitrogen and oxygen atoms in total. The van der Waals surface area contributed by atoms with Crippen LogP contribution in [0.5, 0.6) is 5.75 Å². The quantitative estimate of drug-likeness (QED) is 0.498. The monoisotopic (exact) mass is 475 g/mol. The predicted molar refractivity (Wildman–Crippen MR) is 132 cm³/mol. The van der Waals surface area contributed by atoms with Crippen LogP contribution in [-0.4, -0.2) is 22.6 Å². The minimum Gasteiger partial charge on any atom is -0.488 e. The van der Waals surface area contributed by atoms with Crippen LogP contribution in [0.25, 0.3) is 0 Å². The van der Waals surface area contributed by atoms with Gasteiger partial charge in [-0.15, -0.1) is 0 Å². The van der Waals surface area contributed by atoms with Gasteiger partial charge in [0.1, 0.15) is 11.4 Å². The SMILES string of the molecule is CC1(C)CCc2cc([C@]3(C)C(=O)N(c4cccc(CC(=O)O)c4)c4ccc(Cl)cc43)ccc2O1. The number of nitrogens with zero attached hydrogens (tertiary/aromatic N) is 1. The highest BCUT2D eigenvalue weighted by atomic mass is 35.5. The summed E-state index contributed by atoms with van der Waals surface area (Å²) >= 11 is 6.39. The van der Waals surface area contributed by atoms with Gasteiger partial charge in [-0.2, -0.15) is 0 Å². The summed E-state index contributed by atoms with van der Waals surface area (Å²) in [6.07, 6.45) is 1.67. The third-order valence-electron chi connectivity index (χ3n) is 6.91. The molecule has 1 atom stereocenters. The largest absolute Gasteiger partial charge is 0.488 e. The third-order valence-corrected chi connectivity index (χ3v) is 7.15. The fourth-order valence-corrected chi connectivity index (χ4v) is 5.21. The lowest BCUT2D eigenvalue weighted by atomic mass is 9.76. The first-order valence-electron chi connectivity index (χ1n) is 11.4. The molecule has 3 aromatic carbocycles. The lowest BCUT2D eigenvalue weighted by Crippen LogP contribution is -2.37. The summed E-state index contributed by atoms with van der Waals surface area (Å²) in [7, 11) is 0. The molecular weight excluding hydrogens is 450 g/mol. The Morgan fingerprint density at radius 2 is 1.88 bits per heavy atom. The standard InChI is InChI=1S/C28H26ClNO4/c1-27(2)12-11-18-15-19(7-10-24(18)34-27)28(3)22-16-20(29)8-9-23(22)30(26(28)33)21-6-4-5-17(13-21)14-25(31)32/h4-10,13,15-16H,11-12,14H2,1-3H3,(H,31,32)/t28-/m0/s1. The number of anilines is 2. The van der Waals surface area contributed by atoms with Crippen LogP contribution in [0.4, 0.5) is 11.4 Å². The fourth-order valence-electron chi connectivity index (χ4n) is 5.04. The number of halogens is 1. The van der Waals surface area contributed by atoms with E-state index in [9.17, 15) is 14.7 Å². The van der Waals surface area contributed by atoms with Crippen LogP contribution >= 0.6 is 11.6 Å². The summed E-state index contributed by atoms with van der Waals surface area (Å²) in [5.41, 5.74) is 3.66. The van der Waals surface area contributed by atoms with Crippen molar-refractivity contribution in [2.75, 3.05) is 4.90 Å². The van der Waals surface area contributed by atoms with E-state index < -0.39 is 11.4 Å². The Balaban J connectivity index is 1.63. The maximum absolute atomic E-state index is 14.1. The number of aryl methyl sites for hydroxylation is 1. The normalized spacial score (nSPS) is 20.5. The van der Waals surface area contributed by atoms with Crippen LogP contribution in [-0.2, 0) is 27.8 Å². The molecule has 0 bridgehead atoms. The van der Waals surface area contributed by atoms with Gasteiger partial charge in [0, 0.05) is 10.7 Å². The first kappa shape index (κ1) is 22.5. The maximum Gasteiger partial charge on any atom is 0.307 e. The lowest BCUT2D eigenvalue weighted by Gasteiger charge is -2.34. The van der Waals surface area contributed by atoms with Gasteiger partial charge in [0.15, 0.2) is 0 Å². The van der Waals surface area contributed by atoms with E-state index in [1.165, 1.54) is 0 Å². The van der Waals surface area contributed by atoms with Gasteiger partial charge < -0.3 is 9.84 Å². The molecular formula is C28H26ClNO4. The van der Waals surface area contributed by atoms with Crippen molar-refractivity contribution in [3.63, 3.8) is 0 Å². The second kappa shape index (κ2) is 7.88. The molecule has 0 spiro atoms. The highest BCUT2D eigenvalue weighted by Gasteiger charge is 2.49. The number of ether oxygens (including phenoxy) is 1. The molecule has 0 saturated carbocycles. The maximum atomic E-state index is 14.1. The molecule has 2 aliphatic rings. The van der Waals surface area contributed by atoms with E-state index in [1.807, 2.05) is 37.3 Å². The molecule has 1 N–H and O–H groups in total. The van der Waals surface area contributed by atoms with Gasteiger partial charge in [-0.25, -0.2) is 0 Å². The van der Waals surface area contributed by atoms with Gasteiger partial charge in [-0.1, -0.05) is 35.9 Å². The highest BCUT2D eigenvalue weighted by Crippen LogP contribution is 2.50. The van der Waals surface area contributed by atoms with Gasteiger partial charge in [-0.05, 0) is 92.3 Å². The van der Waals surface area contributed by atoms with Crippen LogP contribution in [0.2, 0.25) is 5.02 Å².